The van der Waals surface area contributed by atoms with Crippen molar-refractivity contribution in [1.82, 2.24) is 9.58 Å². The molecule has 0 saturated carbocycles. The van der Waals surface area contributed by atoms with Gasteiger partial charge < -0.3 is 9.30 Å². The van der Waals surface area contributed by atoms with Crippen molar-refractivity contribution in [2.45, 2.75) is 27.7 Å². The molecule has 0 fully saturated rings. The first kappa shape index (κ1) is 22.9. The van der Waals surface area contributed by atoms with Gasteiger partial charge in [0.1, 0.15) is 10.8 Å². The SMILES string of the molecule is CCOc1ccccc1-n1c(C)cc(/C=C2\C(=N)N3N=C(c4ccccc4C)SC3=NC2=O)c1C. The summed E-state index contributed by atoms with van der Waals surface area (Å²) in [5.41, 5.74) is 5.97. The number of thioether (sulfide) groups is 1. The number of amides is 1. The molecule has 2 aromatic carbocycles. The zero-order valence-electron chi connectivity index (χ0n) is 20.0. The van der Waals surface area contributed by atoms with Crippen molar-refractivity contribution in [3.05, 3.63) is 88.2 Å². The number of aliphatic imine (C=N–C) groups is 1. The maximum Gasteiger partial charge on any atom is 0.283 e. The lowest BCUT2D eigenvalue weighted by molar-refractivity contribution is -0.114. The molecule has 7 nitrogen and oxygen atoms in total. The minimum atomic E-state index is -0.436. The van der Waals surface area contributed by atoms with E-state index in [1.54, 1.807) is 6.08 Å². The van der Waals surface area contributed by atoms with Crippen molar-refractivity contribution in [3.63, 3.8) is 0 Å². The topological polar surface area (TPSA) is 83.0 Å². The monoisotopic (exact) mass is 483 g/mol. The van der Waals surface area contributed by atoms with Gasteiger partial charge in [-0.15, -0.1) is 0 Å². The summed E-state index contributed by atoms with van der Waals surface area (Å²) in [7, 11) is 0. The molecule has 3 heterocycles. The predicted molar refractivity (Wildman–Crippen MR) is 142 cm³/mol. The van der Waals surface area contributed by atoms with Gasteiger partial charge in [-0.3, -0.25) is 10.2 Å². The molecule has 5 rings (SSSR count). The lowest BCUT2D eigenvalue weighted by Gasteiger charge is -2.20. The van der Waals surface area contributed by atoms with Crippen LogP contribution < -0.4 is 4.74 Å². The van der Waals surface area contributed by atoms with E-state index in [0.29, 0.717) is 11.8 Å². The van der Waals surface area contributed by atoms with Crippen LogP contribution in [0.15, 0.2) is 70.3 Å². The van der Waals surface area contributed by atoms with Gasteiger partial charge in [0.25, 0.3) is 5.91 Å². The first-order chi connectivity index (χ1) is 16.9. The third-order valence-corrected chi connectivity index (χ3v) is 6.95. The fraction of sp³-hybridized carbons (Fsp3) is 0.185. The normalized spacial score (nSPS) is 16.5. The standard InChI is InChI=1S/C27H25N5O2S/c1-5-34-23-13-9-8-12-22(23)31-17(3)14-19(18(31)4)15-21-24(28)32-27(29-25(21)33)35-26(30-32)20-11-7-6-10-16(20)2/h6-15,28H,5H2,1-4H3/b21-15+,28-24?. The average molecular weight is 484 g/mol. The molecule has 3 aromatic rings. The second-order valence-corrected chi connectivity index (χ2v) is 9.26. The molecular formula is C27H25N5O2S. The van der Waals surface area contributed by atoms with Crippen LogP contribution in [0.4, 0.5) is 0 Å². The number of hydrogen-bond donors (Lipinski definition) is 1. The quantitative estimate of drug-likeness (QED) is 0.488. The Kier molecular flexibility index (Phi) is 5.90. The predicted octanol–water partition coefficient (Wildman–Crippen LogP) is 5.47. The molecule has 0 spiro atoms. The Labute approximate surface area is 208 Å². The summed E-state index contributed by atoms with van der Waals surface area (Å²) in [5.74, 6) is 0.379. The summed E-state index contributed by atoms with van der Waals surface area (Å²) in [5, 5.41) is 16.0. The number of ether oxygens (including phenoxy) is 1. The molecule has 2 aliphatic rings. The van der Waals surface area contributed by atoms with E-state index in [-0.39, 0.29) is 11.4 Å². The lowest BCUT2D eigenvalue weighted by Crippen LogP contribution is -2.35. The number of benzene rings is 2. The van der Waals surface area contributed by atoms with Crippen molar-refractivity contribution in [1.29, 1.82) is 5.41 Å². The maximum absolute atomic E-state index is 13.0. The zero-order chi connectivity index (χ0) is 24.7. The Morgan fingerprint density at radius 1 is 1.09 bits per heavy atom. The number of aryl methyl sites for hydroxylation is 2. The number of carbonyl (C=O) groups excluding carboxylic acids is 1. The van der Waals surface area contributed by atoms with Gasteiger partial charge in [-0.2, -0.15) is 15.1 Å². The first-order valence-electron chi connectivity index (χ1n) is 11.4. The van der Waals surface area contributed by atoms with E-state index in [4.69, 9.17) is 10.1 Å². The number of amidine groups is 2. The molecule has 1 aromatic heterocycles. The molecule has 0 atom stereocenters. The van der Waals surface area contributed by atoms with Crippen LogP contribution >= 0.6 is 11.8 Å². The van der Waals surface area contributed by atoms with E-state index in [1.165, 1.54) is 16.8 Å². The van der Waals surface area contributed by atoms with Crippen molar-refractivity contribution in [3.8, 4) is 11.4 Å². The average Bonchev–Trinajstić information content (AvgIpc) is 3.38. The van der Waals surface area contributed by atoms with Crippen LogP contribution in [0.25, 0.3) is 11.8 Å². The van der Waals surface area contributed by atoms with Gasteiger partial charge in [-0.25, -0.2) is 0 Å². The molecule has 1 N–H and O–H groups in total. The first-order valence-corrected chi connectivity index (χ1v) is 12.2. The maximum atomic E-state index is 13.0. The van der Waals surface area contributed by atoms with Gasteiger partial charge in [0.15, 0.2) is 5.84 Å². The van der Waals surface area contributed by atoms with E-state index >= 15 is 0 Å². The number of hydrogen-bond acceptors (Lipinski definition) is 5. The van der Waals surface area contributed by atoms with Crippen LogP contribution in [-0.2, 0) is 4.79 Å². The third-order valence-electron chi connectivity index (χ3n) is 6.01. The van der Waals surface area contributed by atoms with E-state index in [9.17, 15) is 4.79 Å². The van der Waals surface area contributed by atoms with E-state index in [0.717, 1.165) is 44.6 Å². The number of aromatic nitrogens is 1. The number of carbonyl (C=O) groups is 1. The second kappa shape index (κ2) is 9.03. The van der Waals surface area contributed by atoms with Crippen molar-refractivity contribution in [2.75, 3.05) is 6.61 Å². The van der Waals surface area contributed by atoms with Crippen LogP contribution in [0.5, 0.6) is 5.75 Å². The van der Waals surface area contributed by atoms with E-state index in [2.05, 4.69) is 14.7 Å². The van der Waals surface area contributed by atoms with Gasteiger partial charge in [0.2, 0.25) is 5.17 Å². The van der Waals surface area contributed by atoms with Gasteiger partial charge in [0, 0.05) is 17.0 Å². The number of nitrogens with zero attached hydrogens (tertiary/aromatic N) is 4. The van der Waals surface area contributed by atoms with E-state index in [1.807, 2.05) is 82.3 Å². The Morgan fingerprint density at radius 2 is 1.83 bits per heavy atom. The van der Waals surface area contributed by atoms with Crippen molar-refractivity contribution < 1.29 is 9.53 Å². The molecule has 0 bridgehead atoms. The number of para-hydroxylation sites is 2. The Morgan fingerprint density at radius 3 is 2.60 bits per heavy atom. The Bertz CT molecular complexity index is 1460. The molecule has 0 saturated heterocycles. The van der Waals surface area contributed by atoms with Crippen LogP contribution in [0, 0.1) is 26.2 Å². The molecule has 1 amide bonds. The van der Waals surface area contributed by atoms with Gasteiger partial charge in [-0.1, -0.05) is 36.4 Å². The molecule has 176 valence electrons. The number of fused-ring (bicyclic) bond motifs is 1. The zero-order valence-corrected chi connectivity index (χ0v) is 20.8. The summed E-state index contributed by atoms with van der Waals surface area (Å²) < 4.78 is 7.93. The van der Waals surface area contributed by atoms with Crippen LogP contribution in [-0.4, -0.2) is 38.1 Å². The molecule has 0 unspecified atom stereocenters. The fourth-order valence-electron chi connectivity index (χ4n) is 4.29. The Balaban J connectivity index is 1.52. The summed E-state index contributed by atoms with van der Waals surface area (Å²) in [6.07, 6.45) is 1.74. The molecule has 8 heteroatoms. The Hall–Kier alpha value is -3.91. The minimum Gasteiger partial charge on any atom is -0.492 e. The van der Waals surface area contributed by atoms with Crippen LogP contribution in [0.1, 0.15) is 35.0 Å². The molecule has 0 radical (unpaired) electrons. The highest BCUT2D eigenvalue weighted by atomic mass is 32.2. The molecular weight excluding hydrogens is 458 g/mol. The molecule has 0 aliphatic carbocycles. The molecule has 35 heavy (non-hydrogen) atoms. The minimum absolute atomic E-state index is 0.0237. The third kappa shape index (κ3) is 4.00. The van der Waals surface area contributed by atoms with Crippen molar-refractivity contribution in [2.24, 2.45) is 10.1 Å². The lowest BCUT2D eigenvalue weighted by atomic mass is 10.1. The highest BCUT2D eigenvalue weighted by Crippen LogP contribution is 2.33. The largest absolute Gasteiger partial charge is 0.492 e. The number of rotatable bonds is 5. The van der Waals surface area contributed by atoms with E-state index < -0.39 is 5.91 Å². The fourth-order valence-corrected chi connectivity index (χ4v) is 5.27. The van der Waals surface area contributed by atoms with Gasteiger partial charge >= 0.3 is 0 Å². The van der Waals surface area contributed by atoms with Gasteiger partial charge in [0.05, 0.1) is 17.9 Å². The van der Waals surface area contributed by atoms with Gasteiger partial charge in [-0.05, 0) is 74.9 Å². The van der Waals surface area contributed by atoms with Crippen LogP contribution in [0.3, 0.4) is 0 Å². The number of hydrazone groups is 1. The highest BCUT2D eigenvalue weighted by molar-refractivity contribution is 8.27. The molecule has 2 aliphatic heterocycles. The summed E-state index contributed by atoms with van der Waals surface area (Å²) in [6.45, 7) is 8.55. The smallest absolute Gasteiger partial charge is 0.283 e. The summed E-state index contributed by atoms with van der Waals surface area (Å²) in [6, 6.07) is 17.8. The summed E-state index contributed by atoms with van der Waals surface area (Å²) >= 11 is 1.31. The highest BCUT2D eigenvalue weighted by Gasteiger charge is 2.36. The van der Waals surface area contributed by atoms with Crippen molar-refractivity contribution >= 4 is 39.8 Å². The van der Waals surface area contributed by atoms with Crippen LogP contribution in [0.2, 0.25) is 0 Å². The second-order valence-electron chi connectivity index (χ2n) is 8.30. The number of nitrogens with one attached hydrogen (secondary N) is 1. The summed E-state index contributed by atoms with van der Waals surface area (Å²) in [4.78, 5) is 17.2.